The molecule has 28 heavy (non-hydrogen) atoms. The third-order valence-corrected chi connectivity index (χ3v) is 7.27. The molecule has 0 saturated carbocycles. The number of carboxylic acids is 1. The molecule has 1 aromatic heterocycles. The Morgan fingerprint density at radius 1 is 1.43 bits per heavy atom. The summed E-state index contributed by atoms with van der Waals surface area (Å²) in [6.45, 7) is 5.32. The van der Waals surface area contributed by atoms with E-state index >= 15 is 0 Å². The van der Waals surface area contributed by atoms with Gasteiger partial charge in [0.25, 0.3) is 0 Å². The van der Waals surface area contributed by atoms with Crippen LogP contribution in [0.3, 0.4) is 0 Å². The molecule has 9 nitrogen and oxygen atoms in total. The van der Waals surface area contributed by atoms with Gasteiger partial charge in [0, 0.05) is 11.7 Å². The fourth-order valence-corrected chi connectivity index (χ4v) is 5.96. The van der Waals surface area contributed by atoms with Gasteiger partial charge in [-0.25, -0.2) is 4.79 Å². The van der Waals surface area contributed by atoms with E-state index in [9.17, 15) is 19.5 Å². The molecular weight excluding hydrogens is 417 g/mol. The van der Waals surface area contributed by atoms with Gasteiger partial charge in [0.15, 0.2) is 9.94 Å². The summed E-state index contributed by atoms with van der Waals surface area (Å²) in [5.41, 5.74) is -0.571. The Morgan fingerprint density at radius 3 is 2.68 bits per heavy atom. The normalized spacial score (nSPS) is 31.1. The van der Waals surface area contributed by atoms with Gasteiger partial charge in [-0.1, -0.05) is 30.0 Å². The van der Waals surface area contributed by atoms with Crippen LogP contribution in [0.5, 0.6) is 0 Å². The molecule has 1 amide bonds. The number of carbonyl (C=O) groups excluding carboxylic acids is 3. The first-order valence-corrected chi connectivity index (χ1v) is 10.1. The van der Waals surface area contributed by atoms with E-state index in [0.29, 0.717) is 11.3 Å². The van der Waals surface area contributed by atoms with Crippen molar-refractivity contribution in [2.24, 2.45) is 11.8 Å². The predicted molar refractivity (Wildman–Crippen MR) is 91.5 cm³/mol. The molecule has 2 fully saturated rings. The summed E-state index contributed by atoms with van der Waals surface area (Å²) >= 11 is 2.80. The van der Waals surface area contributed by atoms with Crippen molar-refractivity contribution >= 4 is 41.1 Å². The zero-order chi connectivity index (χ0) is 19.5. The topological polar surface area (TPSA) is 122 Å². The van der Waals surface area contributed by atoms with Crippen LogP contribution in [0.25, 0.3) is 0 Å². The zero-order valence-corrected chi connectivity index (χ0v) is 19.4. The molecule has 2 saturated heterocycles. The second-order valence-corrected chi connectivity index (χ2v) is 9.36. The minimum atomic E-state index is -1.38. The number of hydrogen-bond donors (Lipinski definition) is 0. The standard InChI is InChI=1S/C16H17N3O6S2.Na/c1-6-8(4-26-14-18-17-7(2)27-14)11(13(21)22)19-10(6)9(12(19)20)16(3)5-24-15(23)25-16;/h6,9-10H,4-5H2,1-3H3,(H,21,22);/q;+1/p-1/t6-,9+,10+,16+;/m0./s1. The molecular formula is C16H16N3NaO6S2. The number of β-lactam (4-membered cyclic amide) rings is 1. The maximum atomic E-state index is 12.8. The molecule has 0 unspecified atom stereocenters. The van der Waals surface area contributed by atoms with Crippen LogP contribution < -0.4 is 34.7 Å². The van der Waals surface area contributed by atoms with Crippen LogP contribution in [-0.2, 0) is 19.1 Å². The van der Waals surface area contributed by atoms with E-state index in [1.807, 2.05) is 13.8 Å². The molecule has 0 spiro atoms. The Kier molecular flexibility index (Phi) is 5.85. The van der Waals surface area contributed by atoms with Gasteiger partial charge in [-0.3, -0.25) is 4.79 Å². The molecule has 0 radical (unpaired) electrons. The minimum Gasteiger partial charge on any atom is -0.543 e. The number of amides is 1. The summed E-state index contributed by atoms with van der Waals surface area (Å²) in [5.74, 6) is -2.29. The third kappa shape index (κ3) is 3.26. The number of aromatic nitrogens is 2. The number of nitrogens with zero attached hydrogens (tertiary/aromatic N) is 3. The number of carboxylic acid groups (broad SMARTS) is 1. The third-order valence-electron chi connectivity index (χ3n) is 5.25. The smallest absolute Gasteiger partial charge is 0.543 e. The largest absolute Gasteiger partial charge is 1.00 e. The van der Waals surface area contributed by atoms with E-state index in [4.69, 9.17) is 9.47 Å². The fraction of sp³-hybridized carbons (Fsp3) is 0.562. The molecule has 0 aliphatic carbocycles. The van der Waals surface area contributed by atoms with E-state index in [2.05, 4.69) is 10.2 Å². The molecule has 0 bridgehead atoms. The maximum absolute atomic E-state index is 12.8. The Hall–Kier alpha value is -1.14. The van der Waals surface area contributed by atoms with Gasteiger partial charge in [-0.05, 0) is 19.4 Å². The number of fused-ring (bicyclic) bond motifs is 1. The quantitative estimate of drug-likeness (QED) is 0.212. The summed E-state index contributed by atoms with van der Waals surface area (Å²) in [4.78, 5) is 37.2. The Morgan fingerprint density at radius 2 is 2.14 bits per heavy atom. The zero-order valence-electron chi connectivity index (χ0n) is 15.8. The van der Waals surface area contributed by atoms with Gasteiger partial charge >= 0.3 is 35.7 Å². The number of thioether (sulfide) groups is 1. The van der Waals surface area contributed by atoms with E-state index in [1.54, 1.807) is 6.92 Å². The van der Waals surface area contributed by atoms with Gasteiger partial charge < -0.3 is 24.3 Å². The van der Waals surface area contributed by atoms with Crippen LogP contribution in [0.2, 0.25) is 0 Å². The number of aryl methyl sites for hydroxylation is 1. The van der Waals surface area contributed by atoms with E-state index in [0.717, 1.165) is 9.35 Å². The number of rotatable bonds is 5. The van der Waals surface area contributed by atoms with Gasteiger partial charge in [-0.15, -0.1) is 10.2 Å². The van der Waals surface area contributed by atoms with Crippen molar-refractivity contribution in [2.75, 3.05) is 12.4 Å². The Balaban J connectivity index is 0.00000225. The second kappa shape index (κ2) is 7.60. The Bertz CT molecular complexity index is 889. The van der Waals surface area contributed by atoms with E-state index < -0.39 is 35.6 Å². The molecule has 3 aliphatic heterocycles. The second-order valence-electron chi connectivity index (χ2n) is 6.96. The molecule has 4 heterocycles. The number of ether oxygens (including phenoxy) is 2. The van der Waals surface area contributed by atoms with Gasteiger partial charge in [0.1, 0.15) is 17.5 Å². The van der Waals surface area contributed by atoms with Crippen molar-refractivity contribution < 1.29 is 58.5 Å². The van der Waals surface area contributed by atoms with Gasteiger partial charge in [0.05, 0.1) is 17.7 Å². The van der Waals surface area contributed by atoms with Crippen molar-refractivity contribution in [2.45, 2.75) is 36.8 Å². The van der Waals surface area contributed by atoms with Crippen molar-refractivity contribution in [1.82, 2.24) is 15.1 Å². The van der Waals surface area contributed by atoms with Crippen LogP contribution in [0, 0.1) is 18.8 Å². The number of aliphatic carboxylic acids is 1. The van der Waals surface area contributed by atoms with Crippen LogP contribution in [-0.4, -0.2) is 57.1 Å². The molecule has 4 rings (SSSR count). The van der Waals surface area contributed by atoms with Crippen LogP contribution in [0.4, 0.5) is 4.79 Å². The summed E-state index contributed by atoms with van der Waals surface area (Å²) < 4.78 is 10.8. The van der Waals surface area contributed by atoms with Crippen molar-refractivity contribution in [3.63, 3.8) is 0 Å². The first-order chi connectivity index (χ1) is 12.7. The van der Waals surface area contributed by atoms with Crippen molar-refractivity contribution in [3.8, 4) is 0 Å². The monoisotopic (exact) mass is 433 g/mol. The van der Waals surface area contributed by atoms with Gasteiger partial charge in [0.2, 0.25) is 5.91 Å². The van der Waals surface area contributed by atoms with Gasteiger partial charge in [-0.2, -0.15) is 0 Å². The molecule has 12 heteroatoms. The van der Waals surface area contributed by atoms with Crippen LogP contribution in [0.1, 0.15) is 18.9 Å². The summed E-state index contributed by atoms with van der Waals surface area (Å²) in [6.07, 6.45) is -0.815. The molecule has 0 N–H and O–H groups in total. The van der Waals surface area contributed by atoms with Crippen LogP contribution in [0.15, 0.2) is 15.6 Å². The average Bonchev–Trinajstić information content (AvgIpc) is 3.22. The predicted octanol–water partition coefficient (Wildman–Crippen LogP) is -2.65. The number of carbonyl (C=O) groups is 3. The summed E-state index contributed by atoms with van der Waals surface area (Å²) in [6, 6.07) is -0.406. The first-order valence-electron chi connectivity index (χ1n) is 8.29. The summed E-state index contributed by atoms with van der Waals surface area (Å²) in [5, 5.41) is 20.6. The molecule has 3 aliphatic rings. The van der Waals surface area contributed by atoms with Crippen molar-refractivity contribution in [1.29, 1.82) is 0 Å². The first kappa shape index (κ1) is 21.6. The Labute approximate surface area is 191 Å². The number of hydrogen-bond acceptors (Lipinski definition) is 10. The maximum Gasteiger partial charge on any atom is 1.00 e. The molecule has 1 aromatic rings. The van der Waals surface area contributed by atoms with Crippen molar-refractivity contribution in [3.05, 3.63) is 16.3 Å². The molecule has 0 aromatic carbocycles. The van der Waals surface area contributed by atoms with E-state index in [1.165, 1.54) is 28.0 Å². The molecule has 4 atom stereocenters. The fourth-order valence-electron chi connectivity index (χ4n) is 3.99. The SMILES string of the molecule is Cc1nnc(SCC2=C(C(=O)[O-])N3C(=O)[C@H]([C@@]4(C)COC(=O)O4)[C@H]3[C@H]2C)s1.[Na+]. The summed E-state index contributed by atoms with van der Waals surface area (Å²) in [7, 11) is 0. The number of cyclic esters (lactones) is 2. The minimum absolute atomic E-state index is 0. The molecule has 144 valence electrons. The van der Waals surface area contributed by atoms with E-state index in [-0.39, 0.29) is 47.8 Å². The van der Waals surface area contributed by atoms with Crippen LogP contribution >= 0.6 is 23.1 Å². The average molecular weight is 433 g/mol.